The van der Waals surface area contributed by atoms with Crippen molar-refractivity contribution < 1.29 is 9.47 Å². The summed E-state index contributed by atoms with van der Waals surface area (Å²) in [5, 5.41) is 2.34. The monoisotopic (exact) mass is 287 g/mol. The Morgan fingerprint density at radius 1 is 1.17 bits per heavy atom. The minimum Gasteiger partial charge on any atom is -0.382 e. The predicted molar refractivity (Wildman–Crippen MR) is 74.7 cm³/mol. The van der Waals surface area contributed by atoms with E-state index in [1.807, 2.05) is 18.3 Å². The Hall–Kier alpha value is -0.740. The van der Waals surface area contributed by atoms with Crippen LogP contribution in [-0.4, -0.2) is 31.5 Å². The molecule has 1 aromatic heterocycles. The number of aromatic nitrogens is 1. The Kier molecular flexibility index (Phi) is 4.89. The Balaban J connectivity index is 2.05. The van der Waals surface area contributed by atoms with Crippen LogP contribution in [0.3, 0.4) is 0 Å². The molecule has 0 atom stereocenters. The molecule has 1 aromatic carbocycles. The lowest BCUT2D eigenvalue weighted by atomic mass is 10.2. The molecule has 1 heterocycles. The molecular weight excluding hydrogens is 273 g/mol. The predicted octanol–water partition coefficient (Wildman–Crippen LogP) is 3.61. The summed E-state index contributed by atoms with van der Waals surface area (Å²) in [5.41, 5.74) is 1.03. The molecule has 5 heteroatoms. The fourth-order valence-corrected chi connectivity index (χ4v) is 2.37. The van der Waals surface area contributed by atoms with Crippen LogP contribution in [0.2, 0.25) is 10.0 Å². The van der Waals surface area contributed by atoms with Crippen LogP contribution in [-0.2, 0) is 16.0 Å². The van der Waals surface area contributed by atoms with Gasteiger partial charge in [0.15, 0.2) is 0 Å². The molecule has 0 spiro atoms. The summed E-state index contributed by atoms with van der Waals surface area (Å²) in [6, 6.07) is 5.66. The second-order valence-electron chi connectivity index (χ2n) is 3.93. The van der Waals surface area contributed by atoms with Crippen LogP contribution in [0, 0.1) is 0 Å². The lowest BCUT2D eigenvalue weighted by Crippen LogP contribution is -2.08. The van der Waals surface area contributed by atoms with Gasteiger partial charge in [0.1, 0.15) is 0 Å². The van der Waals surface area contributed by atoms with E-state index in [9.17, 15) is 0 Å². The van der Waals surface area contributed by atoms with Gasteiger partial charge in [-0.05, 0) is 18.2 Å². The number of halogens is 2. The number of ether oxygens (including phenoxy) is 2. The van der Waals surface area contributed by atoms with Gasteiger partial charge in [0.05, 0.1) is 30.4 Å². The number of fused-ring (bicyclic) bond motifs is 1. The molecule has 0 radical (unpaired) electrons. The number of benzene rings is 1. The highest BCUT2D eigenvalue weighted by atomic mass is 35.5. The van der Waals surface area contributed by atoms with Crippen molar-refractivity contribution in [3.63, 3.8) is 0 Å². The molecule has 0 unspecified atom stereocenters. The minimum atomic E-state index is 0.608. The summed E-state index contributed by atoms with van der Waals surface area (Å²) in [4.78, 5) is 0. The molecule has 18 heavy (non-hydrogen) atoms. The SMILES string of the molecule is COCCOCCn1ccc2c(Cl)cc(Cl)cc21. The third-order valence-corrected chi connectivity index (χ3v) is 3.24. The summed E-state index contributed by atoms with van der Waals surface area (Å²) < 4.78 is 12.4. The van der Waals surface area contributed by atoms with E-state index in [4.69, 9.17) is 32.7 Å². The van der Waals surface area contributed by atoms with E-state index in [2.05, 4.69) is 4.57 Å². The number of hydrogen-bond acceptors (Lipinski definition) is 2. The standard InChI is InChI=1S/C13H15Cl2NO2/c1-17-6-7-18-5-4-16-3-2-11-12(15)8-10(14)9-13(11)16/h2-3,8-9H,4-7H2,1H3. The third-order valence-electron chi connectivity index (χ3n) is 2.71. The summed E-state index contributed by atoms with van der Waals surface area (Å²) in [6.45, 7) is 2.63. The summed E-state index contributed by atoms with van der Waals surface area (Å²) in [5.74, 6) is 0. The first-order chi connectivity index (χ1) is 8.72. The summed E-state index contributed by atoms with van der Waals surface area (Å²) in [6.07, 6.45) is 1.99. The Bertz CT molecular complexity index is 525. The van der Waals surface area contributed by atoms with Gasteiger partial charge in [0, 0.05) is 30.3 Å². The number of methoxy groups -OCH3 is 1. The first-order valence-electron chi connectivity index (χ1n) is 5.73. The molecule has 0 aliphatic heterocycles. The maximum absolute atomic E-state index is 6.13. The third kappa shape index (κ3) is 3.18. The van der Waals surface area contributed by atoms with Gasteiger partial charge in [-0.15, -0.1) is 0 Å². The normalized spacial score (nSPS) is 11.3. The van der Waals surface area contributed by atoms with E-state index in [1.54, 1.807) is 13.2 Å². The van der Waals surface area contributed by atoms with Crippen LogP contribution < -0.4 is 0 Å². The Morgan fingerprint density at radius 2 is 2.00 bits per heavy atom. The van der Waals surface area contributed by atoms with Crippen molar-refractivity contribution in [3.05, 3.63) is 34.4 Å². The molecule has 0 bridgehead atoms. The van der Waals surface area contributed by atoms with Gasteiger partial charge in [-0.1, -0.05) is 23.2 Å². The Morgan fingerprint density at radius 3 is 2.78 bits per heavy atom. The van der Waals surface area contributed by atoms with E-state index in [-0.39, 0.29) is 0 Å². The molecule has 2 rings (SSSR count). The van der Waals surface area contributed by atoms with E-state index < -0.39 is 0 Å². The highest BCUT2D eigenvalue weighted by Crippen LogP contribution is 2.28. The van der Waals surface area contributed by atoms with Gasteiger partial charge >= 0.3 is 0 Å². The smallest absolute Gasteiger partial charge is 0.0701 e. The zero-order valence-electron chi connectivity index (χ0n) is 10.2. The van der Waals surface area contributed by atoms with Crippen LogP contribution in [0.15, 0.2) is 24.4 Å². The first-order valence-corrected chi connectivity index (χ1v) is 6.48. The van der Waals surface area contributed by atoms with Crippen LogP contribution >= 0.6 is 23.2 Å². The first kappa shape index (κ1) is 13.7. The second kappa shape index (κ2) is 6.43. The topological polar surface area (TPSA) is 23.4 Å². The molecule has 0 saturated carbocycles. The average Bonchev–Trinajstić information content (AvgIpc) is 2.72. The van der Waals surface area contributed by atoms with E-state index in [0.29, 0.717) is 29.9 Å². The van der Waals surface area contributed by atoms with Crippen molar-refractivity contribution in [3.8, 4) is 0 Å². The Labute approximate surface area is 116 Å². The molecule has 0 aliphatic rings. The highest BCUT2D eigenvalue weighted by Gasteiger charge is 2.06. The van der Waals surface area contributed by atoms with Crippen molar-refractivity contribution in [2.24, 2.45) is 0 Å². The van der Waals surface area contributed by atoms with Crippen molar-refractivity contribution in [1.29, 1.82) is 0 Å². The molecule has 98 valence electrons. The van der Waals surface area contributed by atoms with E-state index >= 15 is 0 Å². The number of hydrogen-bond donors (Lipinski definition) is 0. The van der Waals surface area contributed by atoms with Gasteiger partial charge in [0.2, 0.25) is 0 Å². The largest absolute Gasteiger partial charge is 0.382 e. The molecule has 0 N–H and O–H groups in total. The average molecular weight is 288 g/mol. The maximum atomic E-state index is 6.13. The van der Waals surface area contributed by atoms with Crippen LogP contribution in [0.4, 0.5) is 0 Å². The van der Waals surface area contributed by atoms with Crippen molar-refractivity contribution in [2.45, 2.75) is 6.54 Å². The molecule has 0 amide bonds. The fraction of sp³-hybridized carbons (Fsp3) is 0.385. The van der Waals surface area contributed by atoms with E-state index in [1.165, 1.54) is 0 Å². The summed E-state index contributed by atoms with van der Waals surface area (Å²) in [7, 11) is 1.66. The lowest BCUT2D eigenvalue weighted by Gasteiger charge is -2.07. The van der Waals surface area contributed by atoms with Crippen LogP contribution in [0.25, 0.3) is 10.9 Å². The maximum Gasteiger partial charge on any atom is 0.0701 e. The summed E-state index contributed by atoms with van der Waals surface area (Å²) >= 11 is 12.1. The van der Waals surface area contributed by atoms with Crippen molar-refractivity contribution >= 4 is 34.1 Å². The zero-order valence-corrected chi connectivity index (χ0v) is 11.7. The molecule has 0 fully saturated rings. The quantitative estimate of drug-likeness (QED) is 0.758. The highest BCUT2D eigenvalue weighted by molar-refractivity contribution is 6.38. The van der Waals surface area contributed by atoms with E-state index in [0.717, 1.165) is 17.4 Å². The molecule has 2 aromatic rings. The minimum absolute atomic E-state index is 0.608. The van der Waals surface area contributed by atoms with Gasteiger partial charge < -0.3 is 14.0 Å². The van der Waals surface area contributed by atoms with Gasteiger partial charge in [-0.25, -0.2) is 0 Å². The zero-order chi connectivity index (χ0) is 13.0. The molecule has 0 saturated heterocycles. The number of nitrogens with zero attached hydrogens (tertiary/aromatic N) is 1. The van der Waals surface area contributed by atoms with Crippen molar-refractivity contribution in [1.82, 2.24) is 4.57 Å². The lowest BCUT2D eigenvalue weighted by molar-refractivity contribution is 0.0670. The molecule has 0 aliphatic carbocycles. The molecule has 3 nitrogen and oxygen atoms in total. The van der Waals surface area contributed by atoms with Crippen LogP contribution in [0.5, 0.6) is 0 Å². The van der Waals surface area contributed by atoms with Gasteiger partial charge in [-0.2, -0.15) is 0 Å². The van der Waals surface area contributed by atoms with Crippen molar-refractivity contribution in [2.75, 3.05) is 26.9 Å². The van der Waals surface area contributed by atoms with Gasteiger partial charge in [0.25, 0.3) is 0 Å². The van der Waals surface area contributed by atoms with Gasteiger partial charge in [-0.3, -0.25) is 0 Å². The van der Waals surface area contributed by atoms with Crippen LogP contribution in [0.1, 0.15) is 0 Å². The molecular formula is C13H15Cl2NO2. The fourth-order valence-electron chi connectivity index (χ4n) is 1.82. The number of rotatable bonds is 6. The second-order valence-corrected chi connectivity index (χ2v) is 4.78.